The number of anilines is 1. The third-order valence-corrected chi connectivity index (χ3v) is 5.16. The lowest BCUT2D eigenvalue weighted by atomic mass is 10.2. The Bertz CT molecular complexity index is 1070. The zero-order valence-electron chi connectivity index (χ0n) is 14.7. The van der Waals surface area contributed by atoms with E-state index in [9.17, 15) is 18.3 Å². The molecule has 144 valence electrons. The van der Waals surface area contributed by atoms with Gasteiger partial charge in [0.05, 0.1) is 17.7 Å². The third-order valence-electron chi connectivity index (χ3n) is 3.75. The van der Waals surface area contributed by atoms with Crippen molar-refractivity contribution >= 4 is 27.7 Å². The number of sulfonamides is 1. The van der Waals surface area contributed by atoms with E-state index in [2.05, 4.69) is 10.0 Å². The highest BCUT2D eigenvalue weighted by Crippen LogP contribution is 2.16. The molecule has 3 aromatic rings. The maximum atomic E-state index is 12.3. The van der Waals surface area contributed by atoms with Gasteiger partial charge in [0.2, 0.25) is 15.9 Å². The highest BCUT2D eigenvalue weighted by atomic mass is 32.2. The number of hydrogen-bond acceptors (Lipinski definition) is 5. The molecule has 1 aromatic heterocycles. The van der Waals surface area contributed by atoms with Gasteiger partial charge in [-0.3, -0.25) is 4.79 Å². The number of amides is 1. The van der Waals surface area contributed by atoms with Gasteiger partial charge in [-0.15, -0.1) is 0 Å². The Balaban J connectivity index is 1.60. The van der Waals surface area contributed by atoms with Crippen molar-refractivity contribution in [3.63, 3.8) is 0 Å². The van der Waals surface area contributed by atoms with E-state index in [1.165, 1.54) is 36.6 Å². The van der Waals surface area contributed by atoms with Crippen LogP contribution in [0.25, 0.3) is 6.08 Å². The Morgan fingerprint density at radius 1 is 1.07 bits per heavy atom. The predicted molar refractivity (Wildman–Crippen MR) is 105 cm³/mol. The minimum atomic E-state index is -3.67. The van der Waals surface area contributed by atoms with Crippen LogP contribution >= 0.6 is 0 Å². The summed E-state index contributed by atoms with van der Waals surface area (Å²) in [6.07, 6.45) is 4.36. The van der Waals surface area contributed by atoms with Crippen LogP contribution in [0.5, 0.6) is 5.75 Å². The molecule has 0 radical (unpaired) electrons. The van der Waals surface area contributed by atoms with Gasteiger partial charge in [0, 0.05) is 17.8 Å². The van der Waals surface area contributed by atoms with Gasteiger partial charge in [-0.2, -0.15) is 0 Å². The van der Waals surface area contributed by atoms with Gasteiger partial charge >= 0.3 is 0 Å². The van der Waals surface area contributed by atoms with Crippen molar-refractivity contribution < 1.29 is 22.7 Å². The molecule has 0 aliphatic heterocycles. The Hall–Kier alpha value is -3.36. The lowest BCUT2D eigenvalue weighted by Crippen LogP contribution is -2.22. The first-order chi connectivity index (χ1) is 13.4. The van der Waals surface area contributed by atoms with Crippen LogP contribution in [0, 0.1) is 0 Å². The number of carbonyl (C=O) groups is 1. The third kappa shape index (κ3) is 5.32. The molecule has 0 spiro atoms. The van der Waals surface area contributed by atoms with E-state index in [1.54, 1.807) is 42.5 Å². The smallest absolute Gasteiger partial charge is 0.248 e. The quantitative estimate of drug-likeness (QED) is 0.530. The number of rotatable bonds is 7. The SMILES string of the molecule is O=C(/C=C/c1ccc(S(=O)(=O)NCc2ccco2)cc1)Nc1cccc(O)c1. The molecular weight excluding hydrogens is 380 g/mol. The maximum absolute atomic E-state index is 12.3. The minimum absolute atomic E-state index is 0.0548. The minimum Gasteiger partial charge on any atom is -0.508 e. The number of phenolic OH excluding ortho intramolecular Hbond substituents is 1. The van der Waals surface area contributed by atoms with Crippen LogP contribution in [0.4, 0.5) is 5.69 Å². The van der Waals surface area contributed by atoms with Crippen LogP contribution in [0.1, 0.15) is 11.3 Å². The summed E-state index contributed by atoms with van der Waals surface area (Å²) in [5, 5.41) is 12.0. The molecule has 0 saturated carbocycles. The lowest BCUT2D eigenvalue weighted by molar-refractivity contribution is -0.111. The zero-order chi connectivity index (χ0) is 20.0. The van der Waals surface area contributed by atoms with Crippen molar-refractivity contribution in [1.29, 1.82) is 0 Å². The van der Waals surface area contributed by atoms with E-state index >= 15 is 0 Å². The van der Waals surface area contributed by atoms with Crippen LogP contribution < -0.4 is 10.0 Å². The van der Waals surface area contributed by atoms with Crippen LogP contribution in [0.2, 0.25) is 0 Å². The molecule has 1 heterocycles. The molecule has 0 fully saturated rings. The first-order valence-electron chi connectivity index (χ1n) is 8.33. The second-order valence-electron chi connectivity index (χ2n) is 5.85. The van der Waals surface area contributed by atoms with Gasteiger partial charge in [0.25, 0.3) is 0 Å². The monoisotopic (exact) mass is 398 g/mol. The first kappa shape index (κ1) is 19.4. The Morgan fingerprint density at radius 3 is 2.54 bits per heavy atom. The van der Waals surface area contributed by atoms with Gasteiger partial charge in [-0.05, 0) is 48.0 Å². The van der Waals surface area contributed by atoms with E-state index in [0.717, 1.165) is 0 Å². The van der Waals surface area contributed by atoms with Crippen molar-refractivity contribution in [2.75, 3.05) is 5.32 Å². The largest absolute Gasteiger partial charge is 0.508 e. The van der Waals surface area contributed by atoms with Crippen molar-refractivity contribution in [2.24, 2.45) is 0 Å². The second-order valence-corrected chi connectivity index (χ2v) is 7.61. The van der Waals surface area contributed by atoms with Gasteiger partial charge in [-0.1, -0.05) is 18.2 Å². The molecule has 0 aliphatic rings. The number of furan rings is 1. The van der Waals surface area contributed by atoms with Crippen LogP contribution in [0.3, 0.4) is 0 Å². The normalized spacial score (nSPS) is 11.6. The summed E-state index contributed by atoms with van der Waals surface area (Å²) in [6.45, 7) is 0.0617. The Kier molecular flexibility index (Phi) is 5.93. The van der Waals surface area contributed by atoms with E-state index in [0.29, 0.717) is 17.0 Å². The second kappa shape index (κ2) is 8.55. The predicted octanol–water partition coefficient (Wildman–Crippen LogP) is 3.12. The highest BCUT2D eigenvalue weighted by molar-refractivity contribution is 7.89. The fourth-order valence-electron chi connectivity index (χ4n) is 2.36. The summed E-state index contributed by atoms with van der Waals surface area (Å²) in [5.41, 5.74) is 1.13. The number of benzene rings is 2. The molecule has 0 unspecified atom stereocenters. The number of phenols is 1. The summed E-state index contributed by atoms with van der Waals surface area (Å²) in [6, 6.07) is 15.7. The number of aromatic hydroxyl groups is 1. The Labute approximate surface area is 162 Å². The molecule has 3 rings (SSSR count). The molecule has 0 atom stereocenters. The van der Waals surface area contributed by atoms with Gasteiger partial charge in [0.15, 0.2) is 0 Å². The fraction of sp³-hybridized carbons (Fsp3) is 0.0500. The number of carbonyl (C=O) groups excluding carboxylic acids is 1. The molecule has 8 heteroatoms. The van der Waals surface area contributed by atoms with E-state index in [4.69, 9.17) is 4.42 Å². The number of hydrogen-bond donors (Lipinski definition) is 3. The van der Waals surface area contributed by atoms with Gasteiger partial charge < -0.3 is 14.8 Å². The average Bonchev–Trinajstić information content (AvgIpc) is 3.19. The summed E-state index contributed by atoms with van der Waals surface area (Å²) in [4.78, 5) is 12.0. The molecule has 0 saturated heterocycles. The van der Waals surface area contributed by atoms with E-state index in [1.807, 2.05) is 0 Å². The molecule has 0 bridgehead atoms. The van der Waals surface area contributed by atoms with Gasteiger partial charge in [0.1, 0.15) is 11.5 Å². The Morgan fingerprint density at radius 2 is 1.86 bits per heavy atom. The molecule has 1 amide bonds. The standard InChI is InChI=1S/C20H18N2O5S/c23-17-4-1-3-16(13-17)22-20(24)11-8-15-6-9-19(10-7-15)28(25,26)21-14-18-5-2-12-27-18/h1-13,21,23H,14H2,(H,22,24)/b11-8+. The average molecular weight is 398 g/mol. The molecule has 2 aromatic carbocycles. The molecule has 3 N–H and O–H groups in total. The zero-order valence-corrected chi connectivity index (χ0v) is 15.5. The summed E-state index contributed by atoms with van der Waals surface area (Å²) < 4.78 is 32.1. The highest BCUT2D eigenvalue weighted by Gasteiger charge is 2.13. The topological polar surface area (TPSA) is 109 Å². The molecular formula is C20H18N2O5S. The summed E-state index contributed by atoms with van der Waals surface area (Å²) >= 11 is 0. The van der Waals surface area contributed by atoms with E-state index in [-0.39, 0.29) is 23.1 Å². The van der Waals surface area contributed by atoms with E-state index < -0.39 is 10.0 Å². The van der Waals surface area contributed by atoms with Crippen LogP contribution in [-0.2, 0) is 21.4 Å². The summed E-state index contributed by atoms with van der Waals surface area (Å²) in [5.74, 6) is 0.197. The first-order valence-corrected chi connectivity index (χ1v) is 9.81. The van der Waals surface area contributed by atoms with Crippen LogP contribution in [0.15, 0.2) is 82.3 Å². The fourth-order valence-corrected chi connectivity index (χ4v) is 3.35. The van der Waals surface area contributed by atoms with Crippen molar-refractivity contribution in [3.8, 4) is 5.75 Å². The van der Waals surface area contributed by atoms with Crippen molar-refractivity contribution in [1.82, 2.24) is 4.72 Å². The molecule has 28 heavy (non-hydrogen) atoms. The van der Waals surface area contributed by atoms with Crippen LogP contribution in [-0.4, -0.2) is 19.4 Å². The molecule has 7 nitrogen and oxygen atoms in total. The molecule has 0 aliphatic carbocycles. The van der Waals surface area contributed by atoms with Crippen molar-refractivity contribution in [3.05, 3.63) is 84.3 Å². The van der Waals surface area contributed by atoms with Crippen molar-refractivity contribution in [2.45, 2.75) is 11.4 Å². The van der Waals surface area contributed by atoms with Gasteiger partial charge in [-0.25, -0.2) is 13.1 Å². The number of nitrogens with one attached hydrogen (secondary N) is 2. The maximum Gasteiger partial charge on any atom is 0.248 e. The lowest BCUT2D eigenvalue weighted by Gasteiger charge is -2.06. The summed E-state index contributed by atoms with van der Waals surface area (Å²) in [7, 11) is -3.67.